The monoisotopic (exact) mass is 456 g/mol. The molecule has 2 aliphatic carbocycles. The zero-order valence-corrected chi connectivity index (χ0v) is 18.8. The molecule has 29 heavy (non-hydrogen) atoms. The lowest BCUT2D eigenvalue weighted by Crippen LogP contribution is -2.40. The van der Waals surface area contributed by atoms with E-state index in [0.717, 1.165) is 82.8 Å². The smallest absolute Gasteiger partial charge is 0.253 e. The van der Waals surface area contributed by atoms with E-state index in [1.807, 2.05) is 0 Å². The normalized spacial score (nSPS) is 17.3. The molecule has 0 saturated carbocycles. The van der Waals surface area contributed by atoms with Gasteiger partial charge in [0, 0.05) is 10.7 Å². The van der Waals surface area contributed by atoms with Gasteiger partial charge in [0.2, 0.25) is 0 Å². The zero-order chi connectivity index (χ0) is 21.0. The third-order valence-electron chi connectivity index (χ3n) is 5.66. The Kier molecular flexibility index (Phi) is 5.46. The summed E-state index contributed by atoms with van der Waals surface area (Å²) in [5.41, 5.74) is 4.64. The van der Waals surface area contributed by atoms with Crippen LogP contribution in [0.2, 0.25) is 5.02 Å². The van der Waals surface area contributed by atoms with Gasteiger partial charge in [0.15, 0.2) is 6.35 Å². The molecule has 1 aromatic carbocycles. The maximum atomic E-state index is 12.7. The van der Waals surface area contributed by atoms with Crippen LogP contribution in [-0.2, 0) is 41.3 Å². The van der Waals surface area contributed by atoms with Gasteiger partial charge >= 0.3 is 0 Å². The molecule has 1 unspecified atom stereocenters. The highest BCUT2D eigenvalue weighted by molar-refractivity contribution is 7.91. The maximum absolute atomic E-state index is 12.7. The van der Waals surface area contributed by atoms with Gasteiger partial charge in [-0.05, 0) is 91.6 Å². The van der Waals surface area contributed by atoms with Crippen molar-refractivity contribution >= 4 is 38.6 Å². The molecule has 9 heteroatoms. The summed E-state index contributed by atoms with van der Waals surface area (Å²) in [5, 5.41) is 26.0. The maximum Gasteiger partial charge on any atom is 0.253 e. The molecule has 2 aliphatic rings. The topological polar surface area (TPSA) is 98.7 Å². The molecular formula is C20H25ClN2O4S2. The molecular weight excluding hydrogens is 432 g/mol. The van der Waals surface area contributed by atoms with Gasteiger partial charge in [-0.3, -0.25) is 0 Å². The molecule has 0 bridgehead atoms. The van der Waals surface area contributed by atoms with Crippen molar-refractivity contribution in [2.24, 2.45) is 0 Å². The van der Waals surface area contributed by atoms with E-state index in [2.05, 4.69) is 10.0 Å². The molecule has 0 saturated heterocycles. The first-order chi connectivity index (χ1) is 13.6. The Balaban J connectivity index is 1.58. The van der Waals surface area contributed by atoms with E-state index >= 15 is 0 Å². The van der Waals surface area contributed by atoms with Crippen molar-refractivity contribution in [2.75, 3.05) is 5.32 Å². The minimum absolute atomic E-state index is 0.0436. The van der Waals surface area contributed by atoms with Crippen molar-refractivity contribution in [3.63, 3.8) is 0 Å². The highest BCUT2D eigenvalue weighted by atomic mass is 35.5. The molecule has 2 aromatic rings. The van der Waals surface area contributed by atoms with E-state index in [1.165, 1.54) is 6.07 Å². The Bertz CT molecular complexity index is 1020. The second kappa shape index (κ2) is 7.51. The fraction of sp³-hybridized carbons (Fsp3) is 0.500. The molecule has 1 heterocycles. The first kappa shape index (κ1) is 21.1. The summed E-state index contributed by atoms with van der Waals surface area (Å²) in [6.07, 6.45) is 4.09. The predicted molar refractivity (Wildman–Crippen MR) is 115 cm³/mol. The van der Waals surface area contributed by atoms with Gasteiger partial charge in [-0.25, -0.2) is 8.42 Å². The van der Waals surface area contributed by atoms with Gasteiger partial charge < -0.3 is 15.5 Å². The number of hydrogen-bond acceptors (Lipinski definition) is 6. The van der Waals surface area contributed by atoms with Crippen LogP contribution < -0.4 is 10.0 Å². The summed E-state index contributed by atoms with van der Waals surface area (Å²) < 4.78 is 27.7. The number of aliphatic hydroxyl groups excluding tert-OH is 1. The standard InChI is InChI=1S/C20H25ClN2O4S2/c1-20(2,25)11-9-16(28-10-11)29(26,27)23-19(24)22-18-14-7-3-5-12(14)17(21)13-6-4-8-15(13)18/h9-10,19,22-25H,3-8H2,1-2H3. The van der Waals surface area contributed by atoms with E-state index in [0.29, 0.717) is 5.56 Å². The van der Waals surface area contributed by atoms with Gasteiger partial charge in [-0.1, -0.05) is 11.6 Å². The summed E-state index contributed by atoms with van der Waals surface area (Å²) in [4.78, 5) is 0. The van der Waals surface area contributed by atoms with Crippen LogP contribution in [0.5, 0.6) is 0 Å². The van der Waals surface area contributed by atoms with E-state index in [1.54, 1.807) is 19.2 Å². The molecule has 0 fully saturated rings. The first-order valence-electron chi connectivity index (χ1n) is 9.71. The van der Waals surface area contributed by atoms with Crippen molar-refractivity contribution in [2.45, 2.75) is 68.5 Å². The second-order valence-corrected chi connectivity index (χ2v) is 11.4. The Morgan fingerprint density at radius 2 is 1.66 bits per heavy atom. The number of fused-ring (bicyclic) bond motifs is 2. The van der Waals surface area contributed by atoms with Crippen molar-refractivity contribution < 1.29 is 18.6 Å². The average molecular weight is 457 g/mol. The number of sulfonamides is 1. The van der Waals surface area contributed by atoms with Crippen LogP contribution in [0.3, 0.4) is 0 Å². The third kappa shape index (κ3) is 3.94. The summed E-state index contributed by atoms with van der Waals surface area (Å²) in [6.45, 7) is 3.19. The largest absolute Gasteiger partial charge is 0.386 e. The molecule has 0 aliphatic heterocycles. The highest BCUT2D eigenvalue weighted by Crippen LogP contribution is 2.44. The molecule has 0 radical (unpaired) electrons. The van der Waals surface area contributed by atoms with E-state index in [-0.39, 0.29) is 4.21 Å². The van der Waals surface area contributed by atoms with Crippen molar-refractivity contribution in [3.8, 4) is 0 Å². The summed E-state index contributed by atoms with van der Waals surface area (Å²) in [7, 11) is -3.94. The first-order valence-corrected chi connectivity index (χ1v) is 12.5. The zero-order valence-electron chi connectivity index (χ0n) is 16.4. The second-order valence-electron chi connectivity index (χ2n) is 8.19. The Hall–Kier alpha value is -1.16. The van der Waals surface area contributed by atoms with E-state index < -0.39 is 22.0 Å². The molecule has 1 atom stereocenters. The van der Waals surface area contributed by atoms with E-state index in [9.17, 15) is 18.6 Å². The predicted octanol–water partition coefficient (Wildman–Crippen LogP) is 3.27. The molecule has 0 spiro atoms. The SMILES string of the molecule is CC(C)(O)c1csc(S(=O)(=O)NC(O)Nc2c3c(c(Cl)c4c2CCC4)CCC3)c1. The number of hydrogen-bond donors (Lipinski definition) is 4. The van der Waals surface area contributed by atoms with Gasteiger partial charge in [0.05, 0.1) is 5.60 Å². The number of nitrogens with one attached hydrogen (secondary N) is 2. The summed E-state index contributed by atoms with van der Waals surface area (Å²) in [5.74, 6) is 0. The van der Waals surface area contributed by atoms with Crippen molar-refractivity contribution in [1.82, 2.24) is 4.72 Å². The summed E-state index contributed by atoms with van der Waals surface area (Å²) in [6, 6.07) is 1.43. The van der Waals surface area contributed by atoms with Crippen LogP contribution >= 0.6 is 22.9 Å². The van der Waals surface area contributed by atoms with Crippen LogP contribution in [0.25, 0.3) is 0 Å². The fourth-order valence-electron chi connectivity index (χ4n) is 4.21. The molecule has 1 aromatic heterocycles. The minimum Gasteiger partial charge on any atom is -0.386 e. The van der Waals surface area contributed by atoms with Crippen LogP contribution in [-0.4, -0.2) is 25.0 Å². The molecule has 4 rings (SSSR count). The lowest BCUT2D eigenvalue weighted by Gasteiger charge is -2.22. The van der Waals surface area contributed by atoms with Gasteiger partial charge in [0.25, 0.3) is 10.0 Å². The quantitative estimate of drug-likeness (QED) is 0.500. The molecule has 0 amide bonds. The van der Waals surface area contributed by atoms with Crippen LogP contribution in [0, 0.1) is 0 Å². The molecule has 6 nitrogen and oxygen atoms in total. The van der Waals surface area contributed by atoms with E-state index in [4.69, 9.17) is 11.6 Å². The Morgan fingerprint density at radius 3 is 2.17 bits per heavy atom. The average Bonchev–Trinajstić information content (AvgIpc) is 3.37. The van der Waals surface area contributed by atoms with Crippen LogP contribution in [0.4, 0.5) is 5.69 Å². The fourth-order valence-corrected chi connectivity index (χ4v) is 6.97. The number of benzene rings is 1. The van der Waals surface area contributed by atoms with Crippen LogP contribution in [0.15, 0.2) is 15.7 Å². The molecule has 158 valence electrons. The van der Waals surface area contributed by atoms with Crippen molar-refractivity contribution in [3.05, 3.63) is 44.3 Å². The lowest BCUT2D eigenvalue weighted by molar-refractivity contribution is 0.0789. The number of anilines is 1. The summed E-state index contributed by atoms with van der Waals surface area (Å²) >= 11 is 7.62. The van der Waals surface area contributed by atoms with Gasteiger partial charge in [0.1, 0.15) is 4.21 Å². The number of thiophene rings is 1. The molecule has 4 N–H and O–H groups in total. The Morgan fingerprint density at radius 1 is 1.10 bits per heavy atom. The lowest BCUT2D eigenvalue weighted by atomic mass is 9.98. The minimum atomic E-state index is -3.94. The van der Waals surface area contributed by atoms with Gasteiger partial charge in [-0.2, -0.15) is 4.72 Å². The number of rotatable bonds is 6. The number of aliphatic hydroxyl groups is 2. The van der Waals surface area contributed by atoms with Crippen LogP contribution in [0.1, 0.15) is 54.5 Å². The Labute approximate surface area is 180 Å². The van der Waals surface area contributed by atoms with Crippen molar-refractivity contribution in [1.29, 1.82) is 0 Å². The third-order valence-corrected chi connectivity index (χ3v) is 8.97. The van der Waals surface area contributed by atoms with Gasteiger partial charge in [-0.15, -0.1) is 11.3 Å². The number of halogens is 1. The highest BCUT2D eigenvalue weighted by Gasteiger charge is 2.30.